The number of methoxy groups -OCH3 is 2. The van der Waals surface area contributed by atoms with E-state index in [1.54, 1.807) is 14.2 Å². The zero-order chi connectivity index (χ0) is 17.1. The molecule has 1 rings (SSSR count). The second kappa shape index (κ2) is 10.5. The van der Waals surface area contributed by atoms with Gasteiger partial charge in [0, 0.05) is 38.3 Å². The molecule has 0 spiro atoms. The molecule has 23 heavy (non-hydrogen) atoms. The van der Waals surface area contributed by atoms with Crippen LogP contribution in [0.3, 0.4) is 0 Å². The van der Waals surface area contributed by atoms with Crippen molar-refractivity contribution in [2.24, 2.45) is 4.99 Å². The average Bonchev–Trinajstić information content (AvgIpc) is 2.57. The Morgan fingerprint density at radius 3 is 2.70 bits per heavy atom. The summed E-state index contributed by atoms with van der Waals surface area (Å²) in [5.41, 5.74) is 1.09. The van der Waals surface area contributed by atoms with E-state index in [0.717, 1.165) is 42.5 Å². The van der Waals surface area contributed by atoms with Crippen molar-refractivity contribution in [2.45, 2.75) is 26.8 Å². The second-order valence-electron chi connectivity index (χ2n) is 5.13. The second-order valence-corrected chi connectivity index (χ2v) is 5.13. The summed E-state index contributed by atoms with van der Waals surface area (Å²) in [5.74, 6) is 2.51. The third-order valence-electron chi connectivity index (χ3n) is 3.39. The summed E-state index contributed by atoms with van der Waals surface area (Å²) in [6.45, 7) is 6.42. The molecule has 5 heteroatoms. The molecule has 5 nitrogen and oxygen atoms in total. The first-order valence-corrected chi connectivity index (χ1v) is 7.97. The predicted molar refractivity (Wildman–Crippen MR) is 96.4 cm³/mol. The van der Waals surface area contributed by atoms with E-state index in [2.05, 4.69) is 28.2 Å². The Hall–Kier alpha value is -2.17. The summed E-state index contributed by atoms with van der Waals surface area (Å²) in [5, 5.41) is 3.33. The lowest BCUT2D eigenvalue weighted by Gasteiger charge is -2.23. The fraction of sp³-hybridized carbons (Fsp3) is 0.500. The lowest BCUT2D eigenvalue weighted by molar-refractivity contribution is 0.382. The van der Waals surface area contributed by atoms with Gasteiger partial charge in [0.15, 0.2) is 5.96 Å². The normalized spacial score (nSPS) is 11.6. The van der Waals surface area contributed by atoms with E-state index in [9.17, 15) is 0 Å². The molecule has 0 saturated heterocycles. The molecule has 0 amide bonds. The van der Waals surface area contributed by atoms with Crippen LogP contribution in [-0.2, 0) is 6.54 Å². The quantitative estimate of drug-likeness (QED) is 0.346. The molecule has 0 aromatic heterocycles. The van der Waals surface area contributed by atoms with Crippen molar-refractivity contribution in [3.63, 3.8) is 0 Å². The maximum absolute atomic E-state index is 5.47. The zero-order valence-electron chi connectivity index (χ0n) is 14.9. The Kier molecular flexibility index (Phi) is 8.65. The number of hydrogen-bond acceptors (Lipinski definition) is 3. The van der Waals surface area contributed by atoms with E-state index in [-0.39, 0.29) is 0 Å². The first kappa shape index (κ1) is 18.9. The van der Waals surface area contributed by atoms with Gasteiger partial charge in [-0.1, -0.05) is 12.2 Å². The van der Waals surface area contributed by atoms with E-state index in [4.69, 9.17) is 9.47 Å². The van der Waals surface area contributed by atoms with Crippen molar-refractivity contribution in [3.05, 3.63) is 35.9 Å². The van der Waals surface area contributed by atoms with Crippen LogP contribution in [0.15, 0.2) is 35.3 Å². The van der Waals surface area contributed by atoms with Gasteiger partial charge < -0.3 is 19.7 Å². The van der Waals surface area contributed by atoms with Crippen molar-refractivity contribution in [3.8, 4) is 11.5 Å². The molecule has 0 aliphatic heterocycles. The van der Waals surface area contributed by atoms with Crippen LogP contribution in [-0.4, -0.2) is 45.2 Å². The highest BCUT2D eigenvalue weighted by Crippen LogP contribution is 2.25. The highest BCUT2D eigenvalue weighted by atomic mass is 16.5. The number of rotatable bonds is 8. The van der Waals surface area contributed by atoms with Crippen LogP contribution < -0.4 is 14.8 Å². The molecule has 0 aliphatic carbocycles. The number of allylic oxidation sites excluding steroid dienone is 1. The van der Waals surface area contributed by atoms with E-state index >= 15 is 0 Å². The molecule has 1 aromatic carbocycles. The molecule has 0 heterocycles. The Bertz CT molecular complexity index is 527. The average molecular weight is 319 g/mol. The van der Waals surface area contributed by atoms with Crippen LogP contribution in [0.1, 0.15) is 25.8 Å². The molecule has 1 aromatic rings. The van der Waals surface area contributed by atoms with Gasteiger partial charge in [-0.25, -0.2) is 0 Å². The number of nitrogens with one attached hydrogen (secondary N) is 1. The molecule has 0 atom stereocenters. The fourth-order valence-corrected chi connectivity index (χ4v) is 2.19. The van der Waals surface area contributed by atoms with E-state index in [0.29, 0.717) is 6.54 Å². The molecule has 0 saturated carbocycles. The van der Waals surface area contributed by atoms with Gasteiger partial charge in [-0.05, 0) is 32.4 Å². The van der Waals surface area contributed by atoms with Crippen LogP contribution in [0.2, 0.25) is 0 Å². The highest BCUT2D eigenvalue weighted by Gasteiger charge is 2.11. The standard InChI is InChI=1S/C18H29N3O2/c1-6-8-9-12-20-18(19-7-2)21(3)14-15-10-11-16(22-4)13-17(15)23-5/h6,8,10-11,13H,7,9,12,14H2,1-5H3,(H,19,20)/b8-6+. The van der Waals surface area contributed by atoms with Crippen molar-refractivity contribution >= 4 is 5.96 Å². The van der Waals surface area contributed by atoms with Crippen molar-refractivity contribution in [2.75, 3.05) is 34.4 Å². The number of benzene rings is 1. The van der Waals surface area contributed by atoms with Crippen molar-refractivity contribution in [1.29, 1.82) is 0 Å². The Balaban J connectivity index is 2.83. The zero-order valence-corrected chi connectivity index (χ0v) is 14.9. The van der Waals surface area contributed by atoms with Crippen LogP contribution in [0.5, 0.6) is 11.5 Å². The van der Waals surface area contributed by atoms with E-state index in [1.165, 1.54) is 0 Å². The monoisotopic (exact) mass is 319 g/mol. The summed E-state index contributed by atoms with van der Waals surface area (Å²) in [4.78, 5) is 6.75. The van der Waals surface area contributed by atoms with Gasteiger partial charge in [-0.3, -0.25) is 4.99 Å². The summed E-state index contributed by atoms with van der Waals surface area (Å²) < 4.78 is 10.7. The van der Waals surface area contributed by atoms with Gasteiger partial charge in [0.25, 0.3) is 0 Å². The minimum Gasteiger partial charge on any atom is -0.497 e. The molecule has 0 bridgehead atoms. The Morgan fingerprint density at radius 1 is 1.30 bits per heavy atom. The summed E-state index contributed by atoms with van der Waals surface area (Å²) in [7, 11) is 5.36. The lowest BCUT2D eigenvalue weighted by atomic mass is 10.2. The number of guanidine groups is 1. The molecule has 128 valence electrons. The van der Waals surface area contributed by atoms with Gasteiger partial charge in [-0.15, -0.1) is 0 Å². The third-order valence-corrected chi connectivity index (χ3v) is 3.39. The molecule has 0 unspecified atom stereocenters. The topological polar surface area (TPSA) is 46.1 Å². The molecular formula is C18H29N3O2. The Morgan fingerprint density at radius 2 is 2.09 bits per heavy atom. The van der Waals surface area contributed by atoms with Crippen LogP contribution >= 0.6 is 0 Å². The molecule has 0 radical (unpaired) electrons. The molecular weight excluding hydrogens is 290 g/mol. The van der Waals surface area contributed by atoms with Gasteiger partial charge in [-0.2, -0.15) is 0 Å². The van der Waals surface area contributed by atoms with Crippen LogP contribution in [0.25, 0.3) is 0 Å². The maximum atomic E-state index is 5.47. The highest BCUT2D eigenvalue weighted by molar-refractivity contribution is 5.79. The summed E-state index contributed by atoms with van der Waals surface area (Å²) >= 11 is 0. The number of ether oxygens (including phenoxy) is 2. The SMILES string of the molecule is C/C=C/CCN=C(NCC)N(C)Cc1ccc(OC)cc1OC. The lowest BCUT2D eigenvalue weighted by Crippen LogP contribution is -2.38. The largest absolute Gasteiger partial charge is 0.497 e. The Labute approximate surface area is 140 Å². The van der Waals surface area contributed by atoms with Crippen LogP contribution in [0.4, 0.5) is 0 Å². The summed E-state index contributed by atoms with van der Waals surface area (Å²) in [6.07, 6.45) is 5.12. The fourth-order valence-electron chi connectivity index (χ4n) is 2.19. The van der Waals surface area contributed by atoms with Gasteiger partial charge in [0.1, 0.15) is 11.5 Å². The van der Waals surface area contributed by atoms with E-state index in [1.807, 2.05) is 38.2 Å². The molecule has 0 aliphatic rings. The summed E-state index contributed by atoms with van der Waals surface area (Å²) in [6, 6.07) is 5.87. The number of nitrogens with zero attached hydrogens (tertiary/aromatic N) is 2. The number of hydrogen-bond donors (Lipinski definition) is 1. The van der Waals surface area contributed by atoms with Crippen molar-refractivity contribution in [1.82, 2.24) is 10.2 Å². The van der Waals surface area contributed by atoms with E-state index < -0.39 is 0 Å². The van der Waals surface area contributed by atoms with Gasteiger partial charge in [0.05, 0.1) is 14.2 Å². The van der Waals surface area contributed by atoms with Crippen molar-refractivity contribution < 1.29 is 9.47 Å². The van der Waals surface area contributed by atoms with Gasteiger partial charge in [0.2, 0.25) is 0 Å². The first-order valence-electron chi connectivity index (χ1n) is 7.97. The first-order chi connectivity index (χ1) is 11.2. The maximum Gasteiger partial charge on any atom is 0.193 e. The minimum atomic E-state index is 0.711. The minimum absolute atomic E-state index is 0.711. The number of aliphatic imine (C=N–C) groups is 1. The van der Waals surface area contributed by atoms with Gasteiger partial charge >= 0.3 is 0 Å². The predicted octanol–water partition coefficient (Wildman–Crippen LogP) is 3.07. The third kappa shape index (κ3) is 6.22. The van der Waals surface area contributed by atoms with Crippen LogP contribution in [0, 0.1) is 0 Å². The molecule has 1 N–H and O–H groups in total. The smallest absolute Gasteiger partial charge is 0.193 e. The molecule has 0 fully saturated rings.